The van der Waals surface area contributed by atoms with Gasteiger partial charge < -0.3 is 9.84 Å². The molecule has 3 heteroatoms. The highest BCUT2D eigenvalue weighted by Gasteiger charge is 2.12. The predicted octanol–water partition coefficient (Wildman–Crippen LogP) is 4.04. The van der Waals surface area contributed by atoms with Crippen LogP contribution in [0, 0.1) is 5.92 Å². The van der Waals surface area contributed by atoms with Gasteiger partial charge in [-0.05, 0) is 12.0 Å². The van der Waals surface area contributed by atoms with Crippen molar-refractivity contribution in [3.05, 3.63) is 48.0 Å². The third kappa shape index (κ3) is 7.10. The van der Waals surface area contributed by atoms with Gasteiger partial charge in [0.05, 0.1) is 19.1 Å². The molecule has 20 heavy (non-hydrogen) atoms. The zero-order valence-corrected chi connectivity index (χ0v) is 12.1. The zero-order valence-electron chi connectivity index (χ0n) is 12.1. The third-order valence-electron chi connectivity index (χ3n) is 3.13. The van der Waals surface area contributed by atoms with E-state index in [1.807, 2.05) is 36.4 Å². The van der Waals surface area contributed by atoms with Crippen molar-refractivity contribution in [2.45, 2.75) is 39.2 Å². The van der Waals surface area contributed by atoms with Gasteiger partial charge in [0.15, 0.2) is 0 Å². The first kappa shape index (κ1) is 16.4. The molecular formula is C17H24O3. The van der Waals surface area contributed by atoms with Gasteiger partial charge >= 0.3 is 5.97 Å². The van der Waals surface area contributed by atoms with Gasteiger partial charge in [0, 0.05) is 0 Å². The Morgan fingerprint density at radius 3 is 2.70 bits per heavy atom. The van der Waals surface area contributed by atoms with E-state index in [0.717, 1.165) is 24.8 Å². The lowest BCUT2D eigenvalue weighted by molar-refractivity contribution is -0.140. The number of hydrogen-bond acceptors (Lipinski definition) is 2. The molecule has 3 nitrogen and oxygen atoms in total. The van der Waals surface area contributed by atoms with Crippen LogP contribution in [0.4, 0.5) is 0 Å². The second-order valence-electron chi connectivity index (χ2n) is 4.87. The first-order valence-corrected chi connectivity index (χ1v) is 7.25. The van der Waals surface area contributed by atoms with E-state index < -0.39 is 5.97 Å². The number of carboxylic acids is 1. The average molecular weight is 276 g/mol. The summed E-state index contributed by atoms with van der Waals surface area (Å²) in [6.45, 7) is 3.12. The minimum atomic E-state index is -0.750. The summed E-state index contributed by atoms with van der Waals surface area (Å²) in [6, 6.07) is 9.94. The fourth-order valence-electron chi connectivity index (χ4n) is 1.96. The van der Waals surface area contributed by atoms with E-state index in [1.165, 1.54) is 0 Å². The van der Waals surface area contributed by atoms with Crippen molar-refractivity contribution >= 4 is 5.97 Å². The number of benzene rings is 1. The molecule has 1 atom stereocenters. The van der Waals surface area contributed by atoms with Crippen LogP contribution in [0.25, 0.3) is 0 Å². The summed E-state index contributed by atoms with van der Waals surface area (Å²) in [5.74, 6) is -1.14. The Kier molecular flexibility index (Phi) is 8.40. The molecule has 0 spiro atoms. The first-order valence-electron chi connectivity index (χ1n) is 7.25. The summed E-state index contributed by atoms with van der Waals surface area (Å²) in [5.41, 5.74) is 1.12. The monoisotopic (exact) mass is 276 g/mol. The zero-order chi connectivity index (χ0) is 14.6. The molecule has 0 aliphatic carbocycles. The Hall–Kier alpha value is -1.61. The van der Waals surface area contributed by atoms with E-state index in [1.54, 1.807) is 6.08 Å². The highest BCUT2D eigenvalue weighted by Crippen LogP contribution is 2.12. The van der Waals surface area contributed by atoms with E-state index in [0.29, 0.717) is 19.6 Å². The molecule has 0 unspecified atom stereocenters. The van der Waals surface area contributed by atoms with Gasteiger partial charge in [0.1, 0.15) is 0 Å². The third-order valence-corrected chi connectivity index (χ3v) is 3.13. The molecule has 1 aromatic rings. The topological polar surface area (TPSA) is 46.5 Å². The summed E-state index contributed by atoms with van der Waals surface area (Å²) < 4.78 is 5.50. The molecule has 0 bridgehead atoms. The number of unbranched alkanes of at least 4 members (excludes halogenated alkanes) is 2. The maximum absolute atomic E-state index is 11.1. The number of hydrogen-bond donors (Lipinski definition) is 1. The Morgan fingerprint density at radius 1 is 1.30 bits per heavy atom. The largest absolute Gasteiger partial charge is 0.481 e. The molecule has 1 N–H and O–H groups in total. The number of aliphatic carboxylic acids is 1. The Labute approximate surface area is 121 Å². The summed E-state index contributed by atoms with van der Waals surface area (Å²) in [6.07, 6.45) is 7.43. The second kappa shape index (κ2) is 10.2. The van der Waals surface area contributed by atoms with Gasteiger partial charge in [0.2, 0.25) is 0 Å². The Balaban J connectivity index is 2.24. The van der Waals surface area contributed by atoms with Crippen molar-refractivity contribution in [1.29, 1.82) is 0 Å². The minimum Gasteiger partial charge on any atom is -0.481 e. The van der Waals surface area contributed by atoms with Crippen LogP contribution in [-0.4, -0.2) is 17.7 Å². The van der Waals surface area contributed by atoms with Crippen LogP contribution in [0.3, 0.4) is 0 Å². The molecule has 0 aromatic heterocycles. The quantitative estimate of drug-likeness (QED) is 0.518. The van der Waals surface area contributed by atoms with E-state index in [9.17, 15) is 4.79 Å². The number of ether oxygens (including phenoxy) is 1. The van der Waals surface area contributed by atoms with Gasteiger partial charge in [-0.1, -0.05) is 68.7 Å². The highest BCUT2D eigenvalue weighted by molar-refractivity contribution is 5.72. The molecule has 0 amide bonds. The second-order valence-corrected chi connectivity index (χ2v) is 4.87. The standard InChI is InChI=1S/C17H24O3/c1-2-3-5-11-16(17(18)19)12-8-13-20-14-15-9-6-4-7-10-15/h4,6-10,12,16H,2-3,5,11,13-14H2,1H3,(H,18,19)/b12-8-/t16-/m0/s1. The maximum atomic E-state index is 11.1. The van der Waals surface area contributed by atoms with Gasteiger partial charge in [0.25, 0.3) is 0 Å². The Morgan fingerprint density at radius 2 is 2.05 bits per heavy atom. The van der Waals surface area contributed by atoms with Crippen LogP contribution in [0.1, 0.15) is 38.2 Å². The number of carboxylic acid groups (broad SMARTS) is 1. The molecule has 0 heterocycles. The van der Waals surface area contributed by atoms with E-state index in [-0.39, 0.29) is 5.92 Å². The molecule has 0 radical (unpaired) electrons. The highest BCUT2D eigenvalue weighted by atomic mass is 16.5. The lowest BCUT2D eigenvalue weighted by Gasteiger charge is -2.07. The molecule has 0 aliphatic rings. The lowest BCUT2D eigenvalue weighted by atomic mass is 10.0. The van der Waals surface area contributed by atoms with Gasteiger partial charge in [-0.3, -0.25) is 4.79 Å². The van der Waals surface area contributed by atoms with Crippen LogP contribution in [0.5, 0.6) is 0 Å². The smallest absolute Gasteiger partial charge is 0.310 e. The molecular weight excluding hydrogens is 252 g/mol. The number of rotatable bonds is 10. The van der Waals surface area contributed by atoms with Crippen molar-refractivity contribution in [3.8, 4) is 0 Å². The van der Waals surface area contributed by atoms with Gasteiger partial charge in [-0.25, -0.2) is 0 Å². The normalized spacial score (nSPS) is 12.7. The number of carbonyl (C=O) groups is 1. The fourth-order valence-corrected chi connectivity index (χ4v) is 1.96. The molecule has 0 saturated carbocycles. The SMILES string of the molecule is CCCCC[C@@H](/C=C\COCc1ccccc1)C(=O)O. The van der Waals surface area contributed by atoms with E-state index in [2.05, 4.69) is 6.92 Å². The van der Waals surface area contributed by atoms with Crippen LogP contribution < -0.4 is 0 Å². The summed E-state index contributed by atoms with van der Waals surface area (Å²) >= 11 is 0. The first-order chi connectivity index (χ1) is 9.74. The van der Waals surface area contributed by atoms with Crippen molar-refractivity contribution in [2.24, 2.45) is 5.92 Å². The fraction of sp³-hybridized carbons (Fsp3) is 0.471. The van der Waals surface area contributed by atoms with E-state index in [4.69, 9.17) is 9.84 Å². The Bertz CT molecular complexity index is 398. The van der Waals surface area contributed by atoms with Crippen LogP contribution in [-0.2, 0) is 16.1 Å². The lowest BCUT2D eigenvalue weighted by Crippen LogP contribution is -2.11. The summed E-state index contributed by atoms with van der Waals surface area (Å²) in [5, 5.41) is 9.12. The van der Waals surface area contributed by atoms with Crippen LogP contribution in [0.2, 0.25) is 0 Å². The minimum absolute atomic E-state index is 0.387. The van der Waals surface area contributed by atoms with Crippen molar-refractivity contribution < 1.29 is 14.6 Å². The van der Waals surface area contributed by atoms with Crippen molar-refractivity contribution in [1.82, 2.24) is 0 Å². The molecule has 1 rings (SSSR count). The maximum Gasteiger partial charge on any atom is 0.310 e. The molecule has 0 fully saturated rings. The van der Waals surface area contributed by atoms with Gasteiger partial charge in [-0.2, -0.15) is 0 Å². The van der Waals surface area contributed by atoms with Crippen LogP contribution in [0.15, 0.2) is 42.5 Å². The van der Waals surface area contributed by atoms with Crippen molar-refractivity contribution in [3.63, 3.8) is 0 Å². The molecule has 0 aliphatic heterocycles. The summed E-state index contributed by atoms with van der Waals surface area (Å²) in [7, 11) is 0. The summed E-state index contributed by atoms with van der Waals surface area (Å²) in [4.78, 5) is 11.1. The van der Waals surface area contributed by atoms with Crippen molar-refractivity contribution in [2.75, 3.05) is 6.61 Å². The van der Waals surface area contributed by atoms with E-state index >= 15 is 0 Å². The molecule has 0 saturated heterocycles. The predicted molar refractivity (Wildman–Crippen MR) is 80.5 cm³/mol. The molecule has 110 valence electrons. The molecule has 1 aromatic carbocycles. The van der Waals surface area contributed by atoms with Gasteiger partial charge in [-0.15, -0.1) is 0 Å². The average Bonchev–Trinajstić information content (AvgIpc) is 2.46. The van der Waals surface area contributed by atoms with Crippen LogP contribution >= 0.6 is 0 Å².